The maximum Gasteiger partial charge on any atom is 0.166 e. The first kappa shape index (κ1) is 20.8. The lowest BCUT2D eigenvalue weighted by atomic mass is 10.0. The van der Waals surface area contributed by atoms with Crippen LogP contribution in [0.1, 0.15) is 30.6 Å². The van der Waals surface area contributed by atoms with E-state index in [0.29, 0.717) is 12.3 Å². The van der Waals surface area contributed by atoms with Crippen LogP contribution in [0.5, 0.6) is 0 Å². The highest BCUT2D eigenvalue weighted by atomic mass is 35.5. The van der Waals surface area contributed by atoms with Gasteiger partial charge in [-0.3, -0.25) is 4.79 Å². The molecule has 1 heterocycles. The molecule has 0 aliphatic heterocycles. The topological polar surface area (TPSA) is 25.2 Å². The van der Waals surface area contributed by atoms with Gasteiger partial charge in [0.25, 0.3) is 0 Å². The monoisotopic (exact) mass is 392 g/mol. The lowest BCUT2D eigenvalue weighted by Gasteiger charge is -2.19. The number of ketones is 1. The van der Waals surface area contributed by atoms with Crippen LogP contribution in [-0.4, -0.2) is 40.8 Å². The lowest BCUT2D eigenvalue weighted by molar-refractivity contribution is 0.0990. The Morgan fingerprint density at radius 3 is 2.42 bits per heavy atom. The van der Waals surface area contributed by atoms with Crippen LogP contribution in [0, 0.1) is 0 Å². The Kier molecular flexibility index (Phi) is 7.51. The zero-order valence-corrected chi connectivity index (χ0v) is 16.9. The Morgan fingerprint density at radius 1 is 1.04 bits per heavy atom. The highest BCUT2D eigenvalue weighted by molar-refractivity contribution is 6.21. The maximum absolute atomic E-state index is 12.6. The molecule has 0 unspecified atom stereocenters. The summed E-state index contributed by atoms with van der Waals surface area (Å²) in [5, 5.41) is 2.35. The van der Waals surface area contributed by atoms with Crippen LogP contribution < -0.4 is 0 Å². The van der Waals surface area contributed by atoms with E-state index in [9.17, 15) is 4.79 Å². The van der Waals surface area contributed by atoms with Crippen LogP contribution in [0.3, 0.4) is 0 Å². The molecule has 2 aromatic carbocycles. The van der Waals surface area contributed by atoms with Crippen molar-refractivity contribution < 1.29 is 4.79 Å². The Bertz CT molecular complexity index is 884. The average Bonchev–Trinajstić information content (AvgIpc) is 2.97. The quantitative estimate of drug-likeness (QED) is 0.380. The molecular weight excluding hydrogens is 367 g/mol. The van der Waals surface area contributed by atoms with Crippen molar-refractivity contribution in [3.05, 3.63) is 48.0 Å². The molecule has 0 saturated carbocycles. The standard InChI is InChI=1S/C21H25ClN2O.ClH/c1-3-23(4-2)14-15-24-19-11-6-5-8-16(19)17-9-7-10-18(21(17)24)20(25)12-13-22;/h5-11H,3-4,12-15H2,1-2H3;1H. The van der Waals surface area contributed by atoms with Crippen molar-refractivity contribution >= 4 is 51.6 Å². The third kappa shape index (κ3) is 3.90. The smallest absolute Gasteiger partial charge is 0.166 e. The number of Topliss-reactive ketones (excluding diaryl/α,β-unsaturated/α-hetero) is 1. The van der Waals surface area contributed by atoms with E-state index in [1.54, 1.807) is 0 Å². The van der Waals surface area contributed by atoms with E-state index in [0.717, 1.165) is 42.6 Å². The van der Waals surface area contributed by atoms with Gasteiger partial charge in [-0.05, 0) is 25.2 Å². The Morgan fingerprint density at radius 2 is 1.73 bits per heavy atom. The molecule has 0 spiro atoms. The number of carbonyl (C=O) groups excluding carboxylic acids is 1. The summed E-state index contributed by atoms with van der Waals surface area (Å²) < 4.78 is 2.31. The normalized spacial score (nSPS) is 11.2. The lowest BCUT2D eigenvalue weighted by Crippen LogP contribution is -2.27. The molecule has 0 amide bonds. The fraction of sp³-hybridized carbons (Fsp3) is 0.381. The van der Waals surface area contributed by atoms with Gasteiger partial charge in [0, 0.05) is 47.2 Å². The number of aromatic nitrogens is 1. The Balaban J connectivity index is 0.00000243. The summed E-state index contributed by atoms with van der Waals surface area (Å²) in [7, 11) is 0. The molecule has 0 saturated heterocycles. The van der Waals surface area contributed by atoms with Gasteiger partial charge in [0.1, 0.15) is 0 Å². The molecule has 3 aromatic rings. The molecule has 3 rings (SSSR count). The number of likely N-dealkylation sites (N-methyl/N-ethyl adjacent to an activating group) is 1. The van der Waals surface area contributed by atoms with Crippen LogP contribution >= 0.6 is 24.0 Å². The summed E-state index contributed by atoms with van der Waals surface area (Å²) >= 11 is 5.82. The molecule has 0 N–H and O–H groups in total. The third-order valence-electron chi connectivity index (χ3n) is 4.95. The molecule has 140 valence electrons. The third-order valence-corrected chi connectivity index (χ3v) is 5.14. The van der Waals surface area contributed by atoms with Gasteiger partial charge in [-0.1, -0.05) is 44.2 Å². The van der Waals surface area contributed by atoms with E-state index in [-0.39, 0.29) is 18.2 Å². The summed E-state index contributed by atoms with van der Waals surface area (Å²) in [4.78, 5) is 15.0. The van der Waals surface area contributed by atoms with Crippen molar-refractivity contribution in [3.8, 4) is 0 Å². The molecule has 0 aliphatic rings. The van der Waals surface area contributed by atoms with Crippen LogP contribution in [0.15, 0.2) is 42.5 Å². The van der Waals surface area contributed by atoms with E-state index in [1.165, 1.54) is 10.9 Å². The van der Waals surface area contributed by atoms with Crippen LogP contribution in [0.2, 0.25) is 0 Å². The zero-order valence-electron chi connectivity index (χ0n) is 15.4. The van der Waals surface area contributed by atoms with Gasteiger partial charge in [0.05, 0.1) is 5.52 Å². The Labute approximate surface area is 166 Å². The number of benzene rings is 2. The van der Waals surface area contributed by atoms with Gasteiger partial charge in [-0.15, -0.1) is 24.0 Å². The number of hydrogen-bond acceptors (Lipinski definition) is 2. The van der Waals surface area contributed by atoms with Gasteiger partial charge >= 0.3 is 0 Å². The number of hydrogen-bond donors (Lipinski definition) is 0. The zero-order chi connectivity index (χ0) is 17.8. The predicted molar refractivity (Wildman–Crippen MR) is 114 cm³/mol. The molecule has 5 heteroatoms. The first-order chi connectivity index (χ1) is 12.2. The van der Waals surface area contributed by atoms with E-state index in [1.807, 2.05) is 12.1 Å². The molecule has 0 bridgehead atoms. The molecule has 0 radical (unpaired) electrons. The van der Waals surface area contributed by atoms with Crippen molar-refractivity contribution in [2.45, 2.75) is 26.8 Å². The molecule has 26 heavy (non-hydrogen) atoms. The van der Waals surface area contributed by atoms with Crippen molar-refractivity contribution in [1.29, 1.82) is 0 Å². The fourth-order valence-corrected chi connectivity index (χ4v) is 3.74. The number of para-hydroxylation sites is 2. The van der Waals surface area contributed by atoms with E-state index in [2.05, 4.69) is 53.6 Å². The summed E-state index contributed by atoms with van der Waals surface area (Å²) in [5.74, 6) is 0.474. The number of alkyl halides is 1. The molecule has 0 aliphatic carbocycles. The van der Waals surface area contributed by atoms with E-state index in [4.69, 9.17) is 11.6 Å². The first-order valence-corrected chi connectivity index (χ1v) is 9.56. The number of rotatable bonds is 8. The minimum atomic E-state index is 0. The van der Waals surface area contributed by atoms with Crippen molar-refractivity contribution in [1.82, 2.24) is 9.47 Å². The summed E-state index contributed by atoms with van der Waals surface area (Å²) in [6.07, 6.45) is 0.373. The molecule has 0 atom stereocenters. The minimum Gasteiger partial charge on any atom is -0.339 e. The summed E-state index contributed by atoms with van der Waals surface area (Å²) in [6.45, 7) is 8.28. The molecular formula is C21H26Cl2N2O. The van der Waals surface area contributed by atoms with Crippen molar-refractivity contribution in [2.24, 2.45) is 0 Å². The molecule has 3 nitrogen and oxygen atoms in total. The number of nitrogens with zero attached hydrogens (tertiary/aromatic N) is 2. The number of fused-ring (bicyclic) bond motifs is 3. The Hall–Kier alpha value is -1.55. The fourth-order valence-electron chi connectivity index (χ4n) is 3.57. The second-order valence-corrected chi connectivity index (χ2v) is 6.64. The van der Waals surface area contributed by atoms with Gasteiger partial charge in [0.15, 0.2) is 5.78 Å². The van der Waals surface area contributed by atoms with Crippen molar-refractivity contribution in [3.63, 3.8) is 0 Å². The van der Waals surface area contributed by atoms with Crippen LogP contribution in [0.4, 0.5) is 0 Å². The largest absolute Gasteiger partial charge is 0.339 e. The molecule has 0 fully saturated rings. The average molecular weight is 393 g/mol. The predicted octanol–water partition coefficient (Wildman–Crippen LogP) is 5.37. The van der Waals surface area contributed by atoms with Gasteiger partial charge in [0.2, 0.25) is 0 Å². The van der Waals surface area contributed by atoms with Crippen LogP contribution in [0.25, 0.3) is 21.8 Å². The second kappa shape index (κ2) is 9.40. The highest BCUT2D eigenvalue weighted by Gasteiger charge is 2.17. The van der Waals surface area contributed by atoms with Crippen LogP contribution in [-0.2, 0) is 6.54 Å². The van der Waals surface area contributed by atoms with Gasteiger partial charge in [-0.2, -0.15) is 0 Å². The van der Waals surface area contributed by atoms with Gasteiger partial charge in [-0.25, -0.2) is 0 Å². The first-order valence-electron chi connectivity index (χ1n) is 9.02. The van der Waals surface area contributed by atoms with Crippen molar-refractivity contribution in [2.75, 3.05) is 25.5 Å². The highest BCUT2D eigenvalue weighted by Crippen LogP contribution is 2.31. The summed E-state index contributed by atoms with van der Waals surface area (Å²) in [6, 6.07) is 14.4. The summed E-state index contributed by atoms with van der Waals surface area (Å²) in [5.41, 5.74) is 3.02. The molecule has 1 aromatic heterocycles. The van der Waals surface area contributed by atoms with E-state index >= 15 is 0 Å². The van der Waals surface area contributed by atoms with Gasteiger partial charge < -0.3 is 9.47 Å². The number of carbonyl (C=O) groups is 1. The SMILES string of the molecule is CCN(CC)CCn1c2ccccc2c2cccc(C(=O)CCCl)c21.Cl. The second-order valence-electron chi connectivity index (χ2n) is 6.26. The van der Waals surface area contributed by atoms with E-state index < -0.39 is 0 Å². The minimum absolute atomic E-state index is 0. The maximum atomic E-state index is 12.6. The number of halogens is 2.